The SMILES string of the molecule is COc1cc([N+](=O)[O-])c(N2CCCC2)c([N+](=O)[O-])c1. The van der Waals surface area contributed by atoms with Crippen LogP contribution >= 0.6 is 0 Å². The molecule has 1 heterocycles. The number of nitro benzene ring substituents is 2. The molecule has 1 aliphatic rings. The lowest BCUT2D eigenvalue weighted by Gasteiger charge is -2.17. The van der Waals surface area contributed by atoms with E-state index >= 15 is 0 Å². The van der Waals surface area contributed by atoms with E-state index in [1.807, 2.05) is 0 Å². The van der Waals surface area contributed by atoms with Gasteiger partial charge in [0, 0.05) is 13.1 Å². The summed E-state index contributed by atoms with van der Waals surface area (Å²) in [6.45, 7) is 1.18. The normalized spacial score (nSPS) is 14.5. The van der Waals surface area contributed by atoms with E-state index in [1.165, 1.54) is 19.2 Å². The Kier molecular flexibility index (Phi) is 3.50. The van der Waals surface area contributed by atoms with Crippen LogP contribution in [0.1, 0.15) is 12.8 Å². The van der Waals surface area contributed by atoms with Crippen LogP contribution < -0.4 is 9.64 Å². The molecule has 0 aromatic heterocycles. The van der Waals surface area contributed by atoms with E-state index in [-0.39, 0.29) is 22.8 Å². The summed E-state index contributed by atoms with van der Waals surface area (Å²) < 4.78 is 4.89. The summed E-state index contributed by atoms with van der Waals surface area (Å²) in [6.07, 6.45) is 1.75. The Morgan fingerprint density at radius 3 is 1.95 bits per heavy atom. The molecule has 0 N–H and O–H groups in total. The molecule has 0 saturated carbocycles. The van der Waals surface area contributed by atoms with Crippen LogP contribution in [0.3, 0.4) is 0 Å². The van der Waals surface area contributed by atoms with Crippen molar-refractivity contribution in [2.45, 2.75) is 12.8 Å². The first-order valence-corrected chi connectivity index (χ1v) is 5.80. The topological polar surface area (TPSA) is 98.8 Å². The maximum atomic E-state index is 11.1. The molecule has 1 aromatic rings. The van der Waals surface area contributed by atoms with Crippen LogP contribution in [0.5, 0.6) is 5.75 Å². The smallest absolute Gasteiger partial charge is 0.303 e. The van der Waals surface area contributed by atoms with Gasteiger partial charge in [0.05, 0.1) is 29.1 Å². The van der Waals surface area contributed by atoms with Crippen LogP contribution in [0.2, 0.25) is 0 Å². The molecule has 0 amide bonds. The standard InChI is InChI=1S/C11H13N3O5/c1-19-8-6-9(13(15)16)11(10(7-8)14(17)18)12-4-2-3-5-12/h6-7H,2-5H2,1H3. The summed E-state index contributed by atoms with van der Waals surface area (Å²) in [7, 11) is 1.32. The molecule has 0 bridgehead atoms. The molecule has 1 fully saturated rings. The van der Waals surface area contributed by atoms with E-state index < -0.39 is 9.85 Å². The Labute approximate surface area is 108 Å². The van der Waals surface area contributed by atoms with Crippen molar-refractivity contribution < 1.29 is 14.6 Å². The van der Waals surface area contributed by atoms with E-state index in [1.54, 1.807) is 4.90 Å². The van der Waals surface area contributed by atoms with Gasteiger partial charge in [-0.25, -0.2) is 0 Å². The van der Waals surface area contributed by atoms with Crippen LogP contribution in [-0.2, 0) is 0 Å². The summed E-state index contributed by atoms with van der Waals surface area (Å²) in [6, 6.07) is 2.45. The average molecular weight is 267 g/mol. The average Bonchev–Trinajstić information content (AvgIpc) is 2.90. The van der Waals surface area contributed by atoms with E-state index in [0.29, 0.717) is 13.1 Å². The van der Waals surface area contributed by atoms with Crippen LogP contribution in [0.15, 0.2) is 12.1 Å². The highest BCUT2D eigenvalue weighted by molar-refractivity contribution is 5.77. The fourth-order valence-corrected chi connectivity index (χ4v) is 2.24. The molecule has 1 aliphatic heterocycles. The summed E-state index contributed by atoms with van der Waals surface area (Å²) in [5.41, 5.74) is -0.491. The fourth-order valence-electron chi connectivity index (χ4n) is 2.24. The summed E-state index contributed by atoms with van der Waals surface area (Å²) in [5.74, 6) is 0.112. The van der Waals surface area contributed by atoms with Crippen LogP contribution in [-0.4, -0.2) is 30.0 Å². The molecule has 0 atom stereocenters. The Bertz CT molecular complexity index is 490. The Balaban J connectivity index is 2.64. The van der Waals surface area contributed by atoms with E-state index in [2.05, 4.69) is 0 Å². The van der Waals surface area contributed by atoms with E-state index in [0.717, 1.165) is 12.8 Å². The van der Waals surface area contributed by atoms with Gasteiger partial charge in [-0.15, -0.1) is 0 Å². The van der Waals surface area contributed by atoms with Crippen molar-refractivity contribution in [1.82, 2.24) is 0 Å². The number of nitro groups is 2. The minimum absolute atomic E-state index is 0.0771. The van der Waals surface area contributed by atoms with E-state index in [9.17, 15) is 20.2 Å². The van der Waals surface area contributed by atoms with Crippen molar-refractivity contribution in [2.75, 3.05) is 25.1 Å². The molecule has 0 unspecified atom stereocenters. The Hall–Kier alpha value is -2.38. The summed E-state index contributed by atoms with van der Waals surface area (Å²) >= 11 is 0. The third kappa shape index (κ3) is 2.42. The fraction of sp³-hybridized carbons (Fsp3) is 0.455. The first kappa shape index (κ1) is 13.1. The lowest BCUT2D eigenvalue weighted by Crippen LogP contribution is -2.20. The zero-order chi connectivity index (χ0) is 14.0. The van der Waals surface area contributed by atoms with Gasteiger partial charge in [-0.1, -0.05) is 0 Å². The van der Waals surface area contributed by atoms with Gasteiger partial charge < -0.3 is 9.64 Å². The molecule has 102 valence electrons. The summed E-state index contributed by atoms with van der Waals surface area (Å²) in [4.78, 5) is 22.7. The van der Waals surface area contributed by atoms with Crippen molar-refractivity contribution in [2.24, 2.45) is 0 Å². The number of anilines is 1. The number of rotatable bonds is 4. The third-order valence-electron chi connectivity index (χ3n) is 3.09. The van der Waals surface area contributed by atoms with Gasteiger partial charge in [0.2, 0.25) is 0 Å². The number of benzene rings is 1. The lowest BCUT2D eigenvalue weighted by molar-refractivity contribution is -0.392. The molecule has 0 radical (unpaired) electrons. The minimum atomic E-state index is -0.608. The first-order valence-electron chi connectivity index (χ1n) is 5.80. The zero-order valence-corrected chi connectivity index (χ0v) is 10.4. The second kappa shape index (κ2) is 5.09. The number of hydrogen-bond donors (Lipinski definition) is 0. The van der Waals surface area contributed by atoms with Gasteiger partial charge in [0.1, 0.15) is 5.75 Å². The molecule has 2 rings (SSSR count). The number of ether oxygens (including phenoxy) is 1. The Morgan fingerprint density at radius 1 is 1.11 bits per heavy atom. The van der Waals surface area contributed by atoms with Gasteiger partial charge in [-0.2, -0.15) is 0 Å². The Morgan fingerprint density at radius 2 is 1.58 bits per heavy atom. The highest BCUT2D eigenvalue weighted by Gasteiger charge is 2.32. The van der Waals surface area contributed by atoms with Gasteiger partial charge in [0.15, 0.2) is 5.69 Å². The van der Waals surface area contributed by atoms with Crippen LogP contribution in [0.25, 0.3) is 0 Å². The van der Waals surface area contributed by atoms with Crippen molar-refractivity contribution >= 4 is 17.1 Å². The maximum absolute atomic E-state index is 11.1. The van der Waals surface area contributed by atoms with Crippen molar-refractivity contribution in [3.8, 4) is 5.75 Å². The van der Waals surface area contributed by atoms with Crippen LogP contribution in [0.4, 0.5) is 17.1 Å². The second-order valence-electron chi connectivity index (χ2n) is 4.22. The first-order chi connectivity index (χ1) is 9.04. The number of nitrogens with zero attached hydrogens (tertiary/aromatic N) is 3. The quantitative estimate of drug-likeness (QED) is 0.612. The van der Waals surface area contributed by atoms with Crippen molar-refractivity contribution in [3.05, 3.63) is 32.4 Å². The predicted octanol–water partition coefficient (Wildman–Crippen LogP) is 2.11. The molecule has 19 heavy (non-hydrogen) atoms. The molecule has 8 nitrogen and oxygen atoms in total. The molecule has 8 heteroatoms. The van der Waals surface area contributed by atoms with Gasteiger partial charge in [-0.3, -0.25) is 20.2 Å². The molecule has 0 aliphatic carbocycles. The molecular formula is C11H13N3O5. The monoisotopic (exact) mass is 267 g/mol. The largest absolute Gasteiger partial charge is 0.496 e. The van der Waals surface area contributed by atoms with Crippen molar-refractivity contribution in [1.29, 1.82) is 0 Å². The van der Waals surface area contributed by atoms with Gasteiger partial charge in [0.25, 0.3) is 0 Å². The van der Waals surface area contributed by atoms with Crippen LogP contribution in [0, 0.1) is 20.2 Å². The molecular weight excluding hydrogens is 254 g/mol. The zero-order valence-electron chi connectivity index (χ0n) is 10.4. The number of methoxy groups -OCH3 is 1. The third-order valence-corrected chi connectivity index (χ3v) is 3.09. The predicted molar refractivity (Wildman–Crippen MR) is 67.7 cm³/mol. The van der Waals surface area contributed by atoms with E-state index in [4.69, 9.17) is 4.74 Å². The highest BCUT2D eigenvalue weighted by Crippen LogP contribution is 2.42. The lowest BCUT2D eigenvalue weighted by atomic mass is 10.2. The van der Waals surface area contributed by atoms with Crippen molar-refractivity contribution in [3.63, 3.8) is 0 Å². The number of hydrogen-bond acceptors (Lipinski definition) is 6. The van der Waals surface area contributed by atoms with Gasteiger partial charge in [-0.05, 0) is 12.8 Å². The maximum Gasteiger partial charge on any atom is 0.303 e. The second-order valence-corrected chi connectivity index (χ2v) is 4.22. The summed E-state index contributed by atoms with van der Waals surface area (Å²) in [5, 5.41) is 22.2. The molecule has 1 aromatic carbocycles. The minimum Gasteiger partial charge on any atom is -0.496 e. The highest BCUT2D eigenvalue weighted by atomic mass is 16.6. The molecule has 0 spiro atoms. The molecule has 1 saturated heterocycles. The van der Waals surface area contributed by atoms with Gasteiger partial charge >= 0.3 is 11.4 Å².